The Morgan fingerprint density at radius 3 is 2.33 bits per heavy atom. The first kappa shape index (κ1) is 10.7. The predicted molar refractivity (Wildman–Crippen MR) is 57.5 cm³/mol. The molecule has 0 unspecified atom stereocenters. The minimum atomic E-state index is -0.236. The van der Waals surface area contributed by atoms with Gasteiger partial charge in [0.25, 0.3) is 0 Å². The van der Waals surface area contributed by atoms with E-state index in [0.29, 0.717) is 12.1 Å². The second-order valence-electron chi connectivity index (χ2n) is 4.71. The number of amides is 1. The summed E-state index contributed by atoms with van der Waals surface area (Å²) in [6.07, 6.45) is 7.06. The Morgan fingerprint density at radius 2 is 1.80 bits per heavy atom. The Balaban J connectivity index is 1.64. The molecule has 4 heteroatoms. The summed E-state index contributed by atoms with van der Waals surface area (Å²) in [5.41, 5.74) is 5.78. The van der Waals surface area contributed by atoms with E-state index >= 15 is 0 Å². The molecular formula is C11H20N2O2. The number of nitrogens with two attached hydrogens (primary N) is 1. The molecule has 0 aromatic carbocycles. The minimum Gasteiger partial charge on any atom is -0.446 e. The molecule has 0 saturated heterocycles. The summed E-state index contributed by atoms with van der Waals surface area (Å²) in [6, 6.07) is 0.669. The van der Waals surface area contributed by atoms with Crippen LogP contribution in [0, 0.1) is 0 Å². The van der Waals surface area contributed by atoms with E-state index in [4.69, 9.17) is 10.5 Å². The second-order valence-corrected chi connectivity index (χ2v) is 4.71. The Kier molecular flexibility index (Phi) is 3.46. The van der Waals surface area contributed by atoms with Crippen LogP contribution in [0.15, 0.2) is 0 Å². The van der Waals surface area contributed by atoms with E-state index in [1.54, 1.807) is 0 Å². The van der Waals surface area contributed by atoms with Crippen molar-refractivity contribution in [3.63, 3.8) is 0 Å². The molecule has 1 amide bonds. The summed E-state index contributed by atoms with van der Waals surface area (Å²) in [5.74, 6) is 0. The van der Waals surface area contributed by atoms with Crippen molar-refractivity contribution in [3.05, 3.63) is 0 Å². The van der Waals surface area contributed by atoms with E-state index in [1.165, 1.54) is 6.42 Å². The standard InChI is InChI=1S/C11H20N2O2/c12-8-4-6-10(7-5-8)15-11(14)13-9-2-1-3-9/h8-10H,1-7,12H2,(H,13,14). The van der Waals surface area contributed by atoms with Crippen LogP contribution in [-0.2, 0) is 4.74 Å². The summed E-state index contributed by atoms with van der Waals surface area (Å²) < 4.78 is 5.34. The molecule has 2 rings (SSSR count). The van der Waals surface area contributed by atoms with Gasteiger partial charge in [-0.25, -0.2) is 4.79 Å². The topological polar surface area (TPSA) is 64.3 Å². The molecule has 0 radical (unpaired) electrons. The normalized spacial score (nSPS) is 31.8. The molecule has 4 nitrogen and oxygen atoms in total. The largest absolute Gasteiger partial charge is 0.446 e. The molecule has 15 heavy (non-hydrogen) atoms. The van der Waals surface area contributed by atoms with Crippen molar-refractivity contribution in [2.45, 2.75) is 63.1 Å². The molecule has 2 aliphatic carbocycles. The molecule has 86 valence electrons. The highest BCUT2D eigenvalue weighted by Crippen LogP contribution is 2.21. The lowest BCUT2D eigenvalue weighted by Gasteiger charge is -2.29. The fourth-order valence-corrected chi connectivity index (χ4v) is 2.11. The molecular weight excluding hydrogens is 192 g/mol. The third kappa shape index (κ3) is 3.09. The maximum absolute atomic E-state index is 11.4. The van der Waals surface area contributed by atoms with Gasteiger partial charge in [-0.15, -0.1) is 0 Å². The number of hydrogen-bond donors (Lipinski definition) is 2. The van der Waals surface area contributed by atoms with Gasteiger partial charge in [-0.3, -0.25) is 0 Å². The van der Waals surface area contributed by atoms with Crippen molar-refractivity contribution < 1.29 is 9.53 Å². The van der Waals surface area contributed by atoms with Gasteiger partial charge in [-0.1, -0.05) is 0 Å². The maximum Gasteiger partial charge on any atom is 0.407 e. The quantitative estimate of drug-likeness (QED) is 0.729. The smallest absolute Gasteiger partial charge is 0.407 e. The fraction of sp³-hybridized carbons (Fsp3) is 0.909. The lowest BCUT2D eigenvalue weighted by Crippen LogP contribution is -2.42. The molecule has 0 bridgehead atoms. The Labute approximate surface area is 90.5 Å². The van der Waals surface area contributed by atoms with Gasteiger partial charge in [0.15, 0.2) is 0 Å². The van der Waals surface area contributed by atoms with Crippen LogP contribution >= 0.6 is 0 Å². The lowest BCUT2D eigenvalue weighted by atomic mass is 9.93. The molecule has 0 spiro atoms. The third-order valence-electron chi connectivity index (χ3n) is 3.42. The predicted octanol–water partition coefficient (Wildman–Crippen LogP) is 1.53. The molecule has 2 fully saturated rings. The number of carbonyl (C=O) groups is 1. The number of nitrogens with one attached hydrogen (secondary N) is 1. The SMILES string of the molecule is NC1CCC(OC(=O)NC2CCC2)CC1. The molecule has 0 aromatic rings. The summed E-state index contributed by atoms with van der Waals surface area (Å²) >= 11 is 0. The Hall–Kier alpha value is -0.770. The van der Waals surface area contributed by atoms with Gasteiger partial charge >= 0.3 is 6.09 Å². The zero-order chi connectivity index (χ0) is 10.7. The number of carbonyl (C=O) groups excluding carboxylic acids is 1. The van der Waals surface area contributed by atoms with Crippen LogP contribution < -0.4 is 11.1 Å². The van der Waals surface area contributed by atoms with E-state index in [-0.39, 0.29) is 12.2 Å². The first-order valence-electron chi connectivity index (χ1n) is 5.97. The van der Waals surface area contributed by atoms with Gasteiger partial charge in [-0.2, -0.15) is 0 Å². The van der Waals surface area contributed by atoms with Crippen molar-refractivity contribution in [2.24, 2.45) is 5.73 Å². The highest BCUT2D eigenvalue weighted by atomic mass is 16.6. The summed E-state index contributed by atoms with van der Waals surface area (Å²) in [5, 5.41) is 2.88. The maximum atomic E-state index is 11.4. The van der Waals surface area contributed by atoms with E-state index in [2.05, 4.69) is 5.32 Å². The Morgan fingerprint density at radius 1 is 1.13 bits per heavy atom. The molecule has 0 aliphatic heterocycles. The summed E-state index contributed by atoms with van der Waals surface area (Å²) in [4.78, 5) is 11.4. The minimum absolute atomic E-state index is 0.0878. The van der Waals surface area contributed by atoms with Crippen LogP contribution in [0.5, 0.6) is 0 Å². The van der Waals surface area contributed by atoms with Crippen LogP contribution in [0.2, 0.25) is 0 Å². The second kappa shape index (κ2) is 4.84. The van der Waals surface area contributed by atoms with Crippen LogP contribution in [-0.4, -0.2) is 24.3 Å². The van der Waals surface area contributed by atoms with Crippen LogP contribution in [0.25, 0.3) is 0 Å². The monoisotopic (exact) mass is 212 g/mol. The molecule has 2 aliphatic rings. The van der Waals surface area contributed by atoms with Crippen LogP contribution in [0.1, 0.15) is 44.9 Å². The molecule has 2 saturated carbocycles. The third-order valence-corrected chi connectivity index (χ3v) is 3.42. The molecule has 3 N–H and O–H groups in total. The number of alkyl carbamates (subject to hydrolysis) is 1. The fourth-order valence-electron chi connectivity index (χ4n) is 2.11. The highest BCUT2D eigenvalue weighted by Gasteiger charge is 2.24. The van der Waals surface area contributed by atoms with Crippen LogP contribution in [0.3, 0.4) is 0 Å². The van der Waals surface area contributed by atoms with Gasteiger partial charge < -0.3 is 15.8 Å². The van der Waals surface area contributed by atoms with E-state index in [1.807, 2.05) is 0 Å². The zero-order valence-electron chi connectivity index (χ0n) is 9.08. The van der Waals surface area contributed by atoms with E-state index < -0.39 is 0 Å². The lowest BCUT2D eigenvalue weighted by molar-refractivity contribution is 0.0668. The first-order chi connectivity index (χ1) is 7.24. The van der Waals surface area contributed by atoms with Crippen LogP contribution in [0.4, 0.5) is 4.79 Å². The molecule has 0 heterocycles. The van der Waals surface area contributed by atoms with Gasteiger partial charge in [0, 0.05) is 12.1 Å². The average molecular weight is 212 g/mol. The van der Waals surface area contributed by atoms with Gasteiger partial charge in [0.2, 0.25) is 0 Å². The Bertz CT molecular complexity index is 221. The van der Waals surface area contributed by atoms with Crippen molar-refractivity contribution in [1.29, 1.82) is 0 Å². The van der Waals surface area contributed by atoms with E-state index in [0.717, 1.165) is 38.5 Å². The average Bonchev–Trinajstić information content (AvgIpc) is 2.16. The number of ether oxygens (including phenoxy) is 1. The summed E-state index contributed by atoms with van der Waals surface area (Å²) in [6.45, 7) is 0. The van der Waals surface area contributed by atoms with Crippen molar-refractivity contribution >= 4 is 6.09 Å². The number of rotatable bonds is 2. The number of hydrogen-bond acceptors (Lipinski definition) is 3. The van der Waals surface area contributed by atoms with Crippen molar-refractivity contribution in [3.8, 4) is 0 Å². The highest BCUT2D eigenvalue weighted by molar-refractivity contribution is 5.67. The molecule has 0 atom stereocenters. The van der Waals surface area contributed by atoms with Crippen molar-refractivity contribution in [1.82, 2.24) is 5.32 Å². The first-order valence-corrected chi connectivity index (χ1v) is 5.97. The van der Waals surface area contributed by atoms with Gasteiger partial charge in [0.1, 0.15) is 6.10 Å². The van der Waals surface area contributed by atoms with E-state index in [9.17, 15) is 4.79 Å². The van der Waals surface area contributed by atoms with Gasteiger partial charge in [0.05, 0.1) is 0 Å². The summed E-state index contributed by atoms with van der Waals surface area (Å²) in [7, 11) is 0. The van der Waals surface area contributed by atoms with Gasteiger partial charge in [-0.05, 0) is 44.9 Å². The zero-order valence-corrected chi connectivity index (χ0v) is 9.08. The molecule has 0 aromatic heterocycles. The van der Waals surface area contributed by atoms with Crippen molar-refractivity contribution in [2.75, 3.05) is 0 Å².